The van der Waals surface area contributed by atoms with Crippen LogP contribution in [0.25, 0.3) is 0 Å². The topological polar surface area (TPSA) is 78.5 Å². The molecule has 0 aromatic heterocycles. The Hall–Kier alpha value is -3.15. The van der Waals surface area contributed by atoms with E-state index >= 15 is 0 Å². The van der Waals surface area contributed by atoms with Gasteiger partial charge in [0.25, 0.3) is 11.8 Å². The van der Waals surface area contributed by atoms with Crippen LogP contribution in [0.15, 0.2) is 54.6 Å². The minimum Gasteiger partial charge on any atom is -0.352 e. The second kappa shape index (κ2) is 10.9. The van der Waals surface area contributed by atoms with E-state index in [9.17, 15) is 14.4 Å². The Kier molecular flexibility index (Phi) is 8.03. The third kappa shape index (κ3) is 5.75. The van der Waals surface area contributed by atoms with Crippen LogP contribution in [0.5, 0.6) is 0 Å². The Balaban J connectivity index is 1.70. The van der Waals surface area contributed by atoms with E-state index in [1.165, 1.54) is 0 Å². The van der Waals surface area contributed by atoms with Crippen molar-refractivity contribution in [3.05, 3.63) is 71.3 Å². The number of benzene rings is 2. The second-order valence-corrected chi connectivity index (χ2v) is 8.58. The lowest BCUT2D eigenvalue weighted by Crippen LogP contribution is -2.55. The lowest BCUT2D eigenvalue weighted by molar-refractivity contribution is -0.125. The largest absolute Gasteiger partial charge is 0.352 e. The zero-order valence-electron chi connectivity index (χ0n) is 19.1. The molecule has 3 rings (SSSR count). The molecule has 1 heterocycles. The van der Waals surface area contributed by atoms with Gasteiger partial charge in [0.2, 0.25) is 5.91 Å². The molecule has 6 heteroatoms. The second-order valence-electron chi connectivity index (χ2n) is 8.58. The standard InChI is InChI=1S/C26H33N3O3/c1-4-19(3)27-25(31)23(28-24(30)21-11-6-5-7-12-21)20-14-16-29(17-15-20)26(32)22-13-9-8-10-18(22)2/h5-13,19-20,23H,4,14-17H2,1-3H3,(H,27,31)(H,28,30)/t19-,23-/m0/s1. The summed E-state index contributed by atoms with van der Waals surface area (Å²) in [6.07, 6.45) is 2.13. The van der Waals surface area contributed by atoms with Crippen molar-refractivity contribution in [3.63, 3.8) is 0 Å². The molecule has 6 nitrogen and oxygen atoms in total. The fourth-order valence-corrected chi connectivity index (χ4v) is 4.07. The van der Waals surface area contributed by atoms with E-state index in [1.54, 1.807) is 24.3 Å². The zero-order valence-corrected chi connectivity index (χ0v) is 19.1. The third-order valence-corrected chi connectivity index (χ3v) is 6.28. The van der Waals surface area contributed by atoms with Crippen LogP contribution in [-0.2, 0) is 4.79 Å². The molecule has 0 unspecified atom stereocenters. The lowest BCUT2D eigenvalue weighted by atomic mass is 9.88. The van der Waals surface area contributed by atoms with Gasteiger partial charge in [0.15, 0.2) is 0 Å². The number of piperidine rings is 1. The molecule has 1 saturated heterocycles. The van der Waals surface area contributed by atoms with Crippen LogP contribution in [-0.4, -0.2) is 47.8 Å². The molecule has 0 bridgehead atoms. The molecule has 2 atom stereocenters. The first kappa shape index (κ1) is 23.5. The Morgan fingerprint density at radius 1 is 0.969 bits per heavy atom. The van der Waals surface area contributed by atoms with Crippen LogP contribution >= 0.6 is 0 Å². The van der Waals surface area contributed by atoms with Gasteiger partial charge < -0.3 is 15.5 Å². The van der Waals surface area contributed by atoms with E-state index in [4.69, 9.17) is 0 Å². The minimum absolute atomic E-state index is 0.0236. The summed E-state index contributed by atoms with van der Waals surface area (Å²) in [4.78, 5) is 40.7. The summed E-state index contributed by atoms with van der Waals surface area (Å²) in [5, 5.41) is 5.98. The van der Waals surface area contributed by atoms with Crippen molar-refractivity contribution in [2.24, 2.45) is 5.92 Å². The summed E-state index contributed by atoms with van der Waals surface area (Å²) in [5.41, 5.74) is 2.20. The summed E-state index contributed by atoms with van der Waals surface area (Å²) in [6.45, 7) is 7.03. The fourth-order valence-electron chi connectivity index (χ4n) is 4.07. The summed E-state index contributed by atoms with van der Waals surface area (Å²) in [6, 6.07) is 15.9. The molecule has 2 N–H and O–H groups in total. The van der Waals surface area contributed by atoms with Gasteiger partial charge >= 0.3 is 0 Å². The molecule has 2 aromatic carbocycles. The van der Waals surface area contributed by atoms with Gasteiger partial charge in [0.05, 0.1) is 0 Å². The number of carbonyl (C=O) groups is 3. The average Bonchev–Trinajstić information content (AvgIpc) is 2.82. The minimum atomic E-state index is -0.632. The molecular formula is C26H33N3O3. The summed E-state index contributed by atoms with van der Waals surface area (Å²) in [5.74, 6) is -0.427. The van der Waals surface area contributed by atoms with Crippen molar-refractivity contribution in [2.75, 3.05) is 13.1 Å². The van der Waals surface area contributed by atoms with E-state index in [2.05, 4.69) is 10.6 Å². The number of hydrogen-bond donors (Lipinski definition) is 2. The van der Waals surface area contributed by atoms with Crippen LogP contribution in [0.3, 0.4) is 0 Å². The predicted molar refractivity (Wildman–Crippen MR) is 125 cm³/mol. The van der Waals surface area contributed by atoms with E-state index in [0.717, 1.165) is 17.5 Å². The van der Waals surface area contributed by atoms with Crippen LogP contribution in [0.4, 0.5) is 0 Å². The molecule has 170 valence electrons. The first-order valence-electron chi connectivity index (χ1n) is 11.4. The van der Waals surface area contributed by atoms with Gasteiger partial charge in [-0.3, -0.25) is 14.4 Å². The van der Waals surface area contributed by atoms with E-state index < -0.39 is 6.04 Å². The third-order valence-electron chi connectivity index (χ3n) is 6.28. The zero-order chi connectivity index (χ0) is 23.1. The molecule has 0 aliphatic carbocycles. The maximum Gasteiger partial charge on any atom is 0.254 e. The molecule has 2 aromatic rings. The molecule has 3 amide bonds. The van der Waals surface area contributed by atoms with Gasteiger partial charge in [-0.15, -0.1) is 0 Å². The quantitative estimate of drug-likeness (QED) is 0.698. The van der Waals surface area contributed by atoms with Crippen molar-refractivity contribution < 1.29 is 14.4 Å². The monoisotopic (exact) mass is 435 g/mol. The average molecular weight is 436 g/mol. The highest BCUT2D eigenvalue weighted by Gasteiger charge is 2.34. The number of amides is 3. The fraction of sp³-hybridized carbons (Fsp3) is 0.423. The Bertz CT molecular complexity index is 936. The van der Waals surface area contributed by atoms with Crippen LogP contribution in [0.2, 0.25) is 0 Å². The highest BCUT2D eigenvalue weighted by Crippen LogP contribution is 2.24. The molecule has 1 aliphatic rings. The molecule has 0 saturated carbocycles. The molecular weight excluding hydrogens is 402 g/mol. The van der Waals surface area contributed by atoms with Crippen LogP contribution in [0, 0.1) is 12.8 Å². The van der Waals surface area contributed by atoms with E-state index in [1.807, 2.05) is 56.0 Å². The predicted octanol–water partition coefficient (Wildman–Crippen LogP) is 3.56. The van der Waals surface area contributed by atoms with Gasteiger partial charge in [-0.25, -0.2) is 0 Å². The normalized spacial score (nSPS) is 16.2. The first-order chi connectivity index (χ1) is 15.4. The number of carbonyl (C=O) groups excluding carboxylic acids is 3. The van der Waals surface area contributed by atoms with Crippen molar-refractivity contribution in [2.45, 2.75) is 52.1 Å². The molecule has 0 spiro atoms. The Labute approximate surface area is 190 Å². The van der Waals surface area contributed by atoms with Gasteiger partial charge in [0.1, 0.15) is 6.04 Å². The van der Waals surface area contributed by atoms with Gasteiger partial charge in [-0.2, -0.15) is 0 Å². The summed E-state index contributed by atoms with van der Waals surface area (Å²) >= 11 is 0. The SMILES string of the molecule is CC[C@H](C)NC(=O)[C@@H](NC(=O)c1ccccc1)C1CCN(C(=O)c2ccccc2C)CC1. The molecule has 32 heavy (non-hydrogen) atoms. The smallest absolute Gasteiger partial charge is 0.254 e. The van der Waals surface area contributed by atoms with Crippen molar-refractivity contribution in [1.29, 1.82) is 0 Å². The van der Waals surface area contributed by atoms with Crippen LogP contribution < -0.4 is 10.6 Å². The number of hydrogen-bond acceptors (Lipinski definition) is 3. The maximum atomic E-state index is 13.1. The highest BCUT2D eigenvalue weighted by molar-refractivity contribution is 5.98. The molecule has 0 radical (unpaired) electrons. The highest BCUT2D eigenvalue weighted by atomic mass is 16.2. The lowest BCUT2D eigenvalue weighted by Gasteiger charge is -2.36. The van der Waals surface area contributed by atoms with Crippen LogP contribution in [0.1, 0.15) is 59.4 Å². The van der Waals surface area contributed by atoms with Crippen molar-refractivity contribution in [1.82, 2.24) is 15.5 Å². The Morgan fingerprint density at radius 2 is 1.59 bits per heavy atom. The number of likely N-dealkylation sites (tertiary alicyclic amines) is 1. The number of aryl methyl sites for hydroxylation is 1. The van der Waals surface area contributed by atoms with Gasteiger partial charge in [0, 0.05) is 30.3 Å². The molecule has 1 fully saturated rings. The number of nitrogens with zero attached hydrogens (tertiary/aromatic N) is 1. The maximum absolute atomic E-state index is 13.1. The van der Waals surface area contributed by atoms with E-state index in [-0.39, 0.29) is 29.7 Å². The molecule has 1 aliphatic heterocycles. The number of nitrogens with one attached hydrogen (secondary N) is 2. The Morgan fingerprint density at radius 3 is 2.22 bits per heavy atom. The van der Waals surface area contributed by atoms with Crippen molar-refractivity contribution >= 4 is 17.7 Å². The van der Waals surface area contributed by atoms with Gasteiger partial charge in [-0.1, -0.05) is 43.3 Å². The van der Waals surface area contributed by atoms with Gasteiger partial charge in [-0.05, 0) is 62.8 Å². The first-order valence-corrected chi connectivity index (χ1v) is 11.4. The van der Waals surface area contributed by atoms with Crippen molar-refractivity contribution in [3.8, 4) is 0 Å². The van der Waals surface area contributed by atoms with E-state index in [0.29, 0.717) is 31.5 Å². The summed E-state index contributed by atoms with van der Waals surface area (Å²) < 4.78 is 0. The number of rotatable bonds is 7. The summed E-state index contributed by atoms with van der Waals surface area (Å²) in [7, 11) is 0.